The highest BCUT2D eigenvalue weighted by Crippen LogP contribution is 2.20. The monoisotopic (exact) mass is 570 g/mol. The molecule has 220 valence electrons. The van der Waals surface area contributed by atoms with Gasteiger partial charge in [-0.05, 0) is 70.0 Å². The number of hydrogen-bond donors (Lipinski definition) is 5. The molecular formula is C29H46N8O2S. The molecule has 0 spiro atoms. The fraction of sp³-hybridized carbons (Fsp3) is 0.621. The number of carbonyl (C=O) groups excluding carboxylic acids is 1. The van der Waals surface area contributed by atoms with Crippen LogP contribution in [-0.4, -0.2) is 90.7 Å². The van der Waals surface area contributed by atoms with Crippen LogP contribution in [0.25, 0.3) is 0 Å². The summed E-state index contributed by atoms with van der Waals surface area (Å²) < 4.78 is 5.48. The van der Waals surface area contributed by atoms with Crippen LogP contribution in [-0.2, 0) is 4.74 Å². The zero-order valence-corrected chi connectivity index (χ0v) is 25.0. The SMILES string of the molecule is CC(C)(C)OC(=O)N1CCN(CCCN=CC(=CN)C2=CC3NC(NC(=S)NC4CCCC4)=CC=C3NC2)CC1. The molecule has 40 heavy (non-hydrogen) atoms. The van der Waals surface area contributed by atoms with Crippen LogP contribution in [0.4, 0.5) is 4.79 Å². The van der Waals surface area contributed by atoms with Gasteiger partial charge in [-0.25, -0.2) is 4.79 Å². The molecule has 4 aliphatic rings. The van der Waals surface area contributed by atoms with E-state index in [-0.39, 0.29) is 12.1 Å². The minimum atomic E-state index is -0.462. The Balaban J connectivity index is 1.18. The highest BCUT2D eigenvalue weighted by molar-refractivity contribution is 7.80. The van der Waals surface area contributed by atoms with Gasteiger partial charge in [0.15, 0.2) is 5.11 Å². The van der Waals surface area contributed by atoms with Crippen molar-refractivity contribution in [2.45, 2.75) is 70.6 Å². The average molecular weight is 571 g/mol. The maximum atomic E-state index is 12.3. The first-order chi connectivity index (χ1) is 19.2. The quantitative estimate of drug-likeness (QED) is 0.170. The Kier molecular flexibility index (Phi) is 10.5. The lowest BCUT2D eigenvalue weighted by Crippen LogP contribution is -2.50. The van der Waals surface area contributed by atoms with E-state index in [1.165, 1.54) is 25.7 Å². The van der Waals surface area contributed by atoms with Gasteiger partial charge in [0.05, 0.1) is 6.04 Å². The zero-order valence-electron chi connectivity index (χ0n) is 24.2. The summed E-state index contributed by atoms with van der Waals surface area (Å²) in [6.45, 7) is 11.1. The molecule has 1 aliphatic carbocycles. The Morgan fingerprint density at radius 2 is 1.98 bits per heavy atom. The molecule has 2 fully saturated rings. The zero-order chi connectivity index (χ0) is 28.5. The first kappa shape index (κ1) is 29.9. The lowest BCUT2D eigenvalue weighted by Gasteiger charge is -2.35. The average Bonchev–Trinajstić information content (AvgIpc) is 3.42. The molecule has 0 aromatic heterocycles. The number of carbonyl (C=O) groups is 1. The number of thiocarbonyl (C=S) groups is 1. The van der Waals surface area contributed by atoms with Crippen molar-refractivity contribution >= 4 is 29.6 Å². The molecule has 1 saturated carbocycles. The number of nitrogens with two attached hydrogens (primary N) is 1. The Morgan fingerprint density at radius 1 is 1.23 bits per heavy atom. The van der Waals surface area contributed by atoms with Gasteiger partial charge in [-0.2, -0.15) is 0 Å². The van der Waals surface area contributed by atoms with E-state index < -0.39 is 5.60 Å². The lowest BCUT2D eigenvalue weighted by atomic mass is 9.97. The van der Waals surface area contributed by atoms with Crippen molar-refractivity contribution in [2.24, 2.45) is 10.7 Å². The number of amides is 1. The summed E-state index contributed by atoms with van der Waals surface area (Å²) in [4.78, 5) is 21.1. The number of dihydropyridines is 1. The molecule has 1 saturated heterocycles. The number of hydrogen-bond acceptors (Lipinski definition) is 8. The number of ether oxygens (including phenoxy) is 1. The van der Waals surface area contributed by atoms with Gasteiger partial charge in [-0.15, -0.1) is 0 Å². The van der Waals surface area contributed by atoms with Crippen LogP contribution in [0.2, 0.25) is 0 Å². The number of piperazine rings is 1. The molecule has 0 bridgehead atoms. The van der Waals surface area contributed by atoms with Crippen molar-refractivity contribution in [3.63, 3.8) is 0 Å². The predicted molar refractivity (Wildman–Crippen MR) is 165 cm³/mol. The molecule has 3 aliphatic heterocycles. The second-order valence-corrected chi connectivity index (χ2v) is 12.2. The minimum absolute atomic E-state index is 0.00762. The van der Waals surface area contributed by atoms with E-state index in [1.807, 2.05) is 33.1 Å². The summed E-state index contributed by atoms with van der Waals surface area (Å²) in [6, 6.07) is 0.484. The molecule has 1 unspecified atom stereocenters. The normalized spacial score (nSPS) is 22.5. The third-order valence-electron chi connectivity index (χ3n) is 7.43. The fourth-order valence-corrected chi connectivity index (χ4v) is 5.56. The third kappa shape index (κ3) is 8.99. The topological polar surface area (TPSA) is 119 Å². The summed E-state index contributed by atoms with van der Waals surface area (Å²) in [6.07, 6.45) is 15.4. The van der Waals surface area contributed by atoms with Crippen molar-refractivity contribution in [1.82, 2.24) is 31.1 Å². The Labute approximate surface area is 244 Å². The first-order valence-corrected chi connectivity index (χ1v) is 14.9. The van der Waals surface area contributed by atoms with Gasteiger partial charge in [0.1, 0.15) is 11.4 Å². The third-order valence-corrected chi connectivity index (χ3v) is 7.65. The van der Waals surface area contributed by atoms with Crippen molar-refractivity contribution in [3.05, 3.63) is 47.1 Å². The van der Waals surface area contributed by atoms with Crippen molar-refractivity contribution in [2.75, 3.05) is 45.8 Å². The molecule has 0 aromatic carbocycles. The maximum Gasteiger partial charge on any atom is 0.410 e. The van der Waals surface area contributed by atoms with Crippen molar-refractivity contribution in [3.8, 4) is 0 Å². The molecular weight excluding hydrogens is 524 g/mol. The fourth-order valence-electron chi connectivity index (χ4n) is 5.28. The summed E-state index contributed by atoms with van der Waals surface area (Å²) in [7, 11) is 0. The van der Waals surface area contributed by atoms with Gasteiger partial charge >= 0.3 is 6.09 Å². The molecule has 10 nitrogen and oxygen atoms in total. The Hall–Kier alpha value is -3.05. The van der Waals surface area contributed by atoms with E-state index in [0.29, 0.717) is 30.8 Å². The van der Waals surface area contributed by atoms with E-state index in [4.69, 9.17) is 22.7 Å². The smallest absolute Gasteiger partial charge is 0.410 e. The number of aliphatic imine (C=N–C) groups is 1. The molecule has 1 atom stereocenters. The molecule has 3 heterocycles. The van der Waals surface area contributed by atoms with E-state index in [0.717, 1.165) is 55.3 Å². The first-order valence-electron chi connectivity index (χ1n) is 14.5. The minimum Gasteiger partial charge on any atom is -0.444 e. The van der Waals surface area contributed by atoms with Crippen LogP contribution < -0.4 is 27.0 Å². The second kappa shape index (κ2) is 14.0. The van der Waals surface area contributed by atoms with Gasteiger partial charge in [0.2, 0.25) is 0 Å². The number of rotatable bonds is 8. The molecule has 0 radical (unpaired) electrons. The van der Waals surface area contributed by atoms with Crippen LogP contribution in [0, 0.1) is 0 Å². The van der Waals surface area contributed by atoms with E-state index in [9.17, 15) is 4.79 Å². The van der Waals surface area contributed by atoms with Gasteiger partial charge in [0.25, 0.3) is 0 Å². The van der Waals surface area contributed by atoms with Crippen molar-refractivity contribution < 1.29 is 9.53 Å². The summed E-state index contributed by atoms with van der Waals surface area (Å²) >= 11 is 5.52. The van der Waals surface area contributed by atoms with Crippen LogP contribution in [0.15, 0.2) is 52.1 Å². The number of nitrogens with zero attached hydrogens (tertiary/aromatic N) is 3. The molecule has 11 heteroatoms. The lowest BCUT2D eigenvalue weighted by molar-refractivity contribution is 0.0145. The van der Waals surface area contributed by atoms with E-state index in [2.05, 4.69) is 43.3 Å². The summed E-state index contributed by atoms with van der Waals surface area (Å²) in [5, 5.41) is 14.4. The van der Waals surface area contributed by atoms with E-state index >= 15 is 0 Å². The van der Waals surface area contributed by atoms with Gasteiger partial charge in [0, 0.05) is 75.5 Å². The Bertz CT molecular complexity index is 1060. The highest BCUT2D eigenvalue weighted by Gasteiger charge is 2.26. The molecule has 1 amide bonds. The summed E-state index contributed by atoms with van der Waals surface area (Å²) in [5.74, 6) is 0.877. The maximum absolute atomic E-state index is 12.3. The van der Waals surface area contributed by atoms with Crippen LogP contribution in [0.1, 0.15) is 52.9 Å². The number of nitrogens with one attached hydrogen (secondary N) is 4. The van der Waals surface area contributed by atoms with Gasteiger partial charge < -0.3 is 36.6 Å². The number of fused-ring (bicyclic) bond motifs is 1. The molecule has 6 N–H and O–H groups in total. The van der Waals surface area contributed by atoms with Gasteiger partial charge in [-0.1, -0.05) is 18.9 Å². The van der Waals surface area contributed by atoms with Crippen LogP contribution in [0.3, 0.4) is 0 Å². The highest BCUT2D eigenvalue weighted by atomic mass is 32.1. The molecule has 0 aromatic rings. The van der Waals surface area contributed by atoms with Crippen LogP contribution >= 0.6 is 12.2 Å². The Morgan fingerprint density at radius 3 is 2.67 bits per heavy atom. The predicted octanol–water partition coefficient (Wildman–Crippen LogP) is 2.48. The van der Waals surface area contributed by atoms with Crippen molar-refractivity contribution in [1.29, 1.82) is 0 Å². The van der Waals surface area contributed by atoms with E-state index in [1.54, 1.807) is 11.1 Å². The summed E-state index contributed by atoms with van der Waals surface area (Å²) in [5.41, 5.74) is 8.67. The largest absolute Gasteiger partial charge is 0.444 e. The second-order valence-electron chi connectivity index (χ2n) is 11.8. The van der Waals surface area contributed by atoms with Gasteiger partial charge in [-0.3, -0.25) is 9.89 Å². The number of allylic oxidation sites excluding steroid dienone is 2. The van der Waals surface area contributed by atoms with Crippen LogP contribution in [0.5, 0.6) is 0 Å². The standard InChI is InChI=1S/C29H46N8O2S/c1-29(2,3)39-28(38)37-15-13-36(14-16-37)12-6-11-31-19-22(18-30)21-17-25-24(32-20-21)9-10-26(34-25)35-27(40)33-23-7-4-5-8-23/h9-10,17-19,23,25,32,34H,4-8,11-16,20,30H2,1-3H3,(H2,33,35,40). The molecule has 4 rings (SSSR count).